The van der Waals surface area contributed by atoms with Gasteiger partial charge in [-0.1, -0.05) is 71.7 Å². The summed E-state index contributed by atoms with van der Waals surface area (Å²) in [5, 5.41) is 4.13. The zero-order chi connectivity index (χ0) is 26.1. The van der Waals surface area contributed by atoms with Crippen LogP contribution in [0, 0.1) is 0 Å². The molecule has 186 valence electrons. The van der Waals surface area contributed by atoms with E-state index in [0.717, 1.165) is 16.9 Å². The molecule has 1 amide bonds. The molecule has 0 radical (unpaired) electrons. The molecule has 3 heterocycles. The van der Waals surface area contributed by atoms with Crippen LogP contribution in [0.4, 0.5) is 10.8 Å². The van der Waals surface area contributed by atoms with Crippen LogP contribution in [0.25, 0.3) is 28.7 Å². The van der Waals surface area contributed by atoms with Gasteiger partial charge in [0.25, 0.3) is 5.91 Å². The Hall–Kier alpha value is -3.62. The largest absolute Gasteiger partial charge is 0.457 e. The lowest BCUT2D eigenvalue weighted by Crippen LogP contribution is -2.28. The summed E-state index contributed by atoms with van der Waals surface area (Å²) in [5.74, 6) is 0.880. The fourth-order valence-corrected chi connectivity index (χ4v) is 5.98. The SMILES string of the molecule is O=C1/C(=C\c2ccc(-c3cc(Cl)ccc3Cl)o2)S/C(=N/c2nc(-c3ccccc3)cs2)N1c1ccccc1. The van der Waals surface area contributed by atoms with Crippen molar-refractivity contribution in [1.29, 1.82) is 0 Å². The molecule has 6 rings (SSSR count). The Balaban J connectivity index is 1.35. The lowest BCUT2D eigenvalue weighted by Gasteiger charge is -2.14. The van der Waals surface area contributed by atoms with Crippen molar-refractivity contribution in [2.24, 2.45) is 4.99 Å². The van der Waals surface area contributed by atoms with E-state index in [9.17, 15) is 4.79 Å². The third kappa shape index (κ3) is 5.06. The maximum absolute atomic E-state index is 13.6. The Labute approximate surface area is 237 Å². The summed E-state index contributed by atoms with van der Waals surface area (Å²) < 4.78 is 6.01. The Bertz CT molecular complexity index is 1700. The number of furan rings is 1. The van der Waals surface area contributed by atoms with E-state index in [1.54, 1.807) is 41.3 Å². The number of amidine groups is 1. The number of thiazole rings is 1. The van der Waals surface area contributed by atoms with Crippen molar-refractivity contribution in [2.75, 3.05) is 4.90 Å². The van der Waals surface area contributed by atoms with Crippen molar-refractivity contribution >= 4 is 74.3 Å². The molecular weight excluding hydrogens is 557 g/mol. The molecule has 0 bridgehead atoms. The number of hydrogen-bond acceptors (Lipinski definition) is 6. The van der Waals surface area contributed by atoms with E-state index in [0.29, 0.717) is 42.3 Å². The number of aromatic nitrogens is 1. The first-order chi connectivity index (χ1) is 18.5. The number of benzene rings is 3. The van der Waals surface area contributed by atoms with Crippen LogP contribution in [0.3, 0.4) is 0 Å². The van der Waals surface area contributed by atoms with E-state index in [2.05, 4.69) is 4.98 Å². The highest BCUT2D eigenvalue weighted by Crippen LogP contribution is 2.39. The molecule has 0 aliphatic carbocycles. The second-order valence-electron chi connectivity index (χ2n) is 8.19. The summed E-state index contributed by atoms with van der Waals surface area (Å²) in [6.45, 7) is 0. The molecule has 38 heavy (non-hydrogen) atoms. The van der Waals surface area contributed by atoms with Gasteiger partial charge >= 0.3 is 0 Å². The van der Waals surface area contributed by atoms with Crippen LogP contribution >= 0.6 is 46.3 Å². The maximum atomic E-state index is 13.6. The highest BCUT2D eigenvalue weighted by molar-refractivity contribution is 8.19. The molecule has 0 atom stereocenters. The topological polar surface area (TPSA) is 58.7 Å². The van der Waals surface area contributed by atoms with Gasteiger partial charge in [0, 0.05) is 27.6 Å². The molecule has 1 fully saturated rings. The number of para-hydroxylation sites is 1. The normalized spacial score (nSPS) is 15.6. The van der Waals surface area contributed by atoms with Gasteiger partial charge in [0.1, 0.15) is 11.5 Å². The quantitative estimate of drug-likeness (QED) is 0.196. The zero-order valence-electron chi connectivity index (χ0n) is 19.5. The maximum Gasteiger partial charge on any atom is 0.271 e. The van der Waals surface area contributed by atoms with Crippen LogP contribution in [0.15, 0.2) is 111 Å². The van der Waals surface area contributed by atoms with Crippen LogP contribution < -0.4 is 4.90 Å². The molecular formula is C29H17Cl2N3O2S2. The van der Waals surface area contributed by atoms with Crippen LogP contribution in [0.2, 0.25) is 10.0 Å². The highest BCUT2D eigenvalue weighted by Gasteiger charge is 2.35. The highest BCUT2D eigenvalue weighted by atomic mass is 35.5. The van der Waals surface area contributed by atoms with Crippen molar-refractivity contribution in [3.8, 4) is 22.6 Å². The molecule has 0 saturated carbocycles. The van der Waals surface area contributed by atoms with E-state index in [1.165, 1.54) is 23.1 Å². The van der Waals surface area contributed by atoms with E-state index >= 15 is 0 Å². The summed E-state index contributed by atoms with van der Waals surface area (Å²) in [6, 6.07) is 28.1. The lowest BCUT2D eigenvalue weighted by atomic mass is 10.2. The second kappa shape index (κ2) is 10.6. The van der Waals surface area contributed by atoms with Gasteiger partial charge in [0.2, 0.25) is 5.13 Å². The van der Waals surface area contributed by atoms with Gasteiger partial charge in [-0.2, -0.15) is 4.99 Å². The number of aliphatic imine (C=N–C) groups is 1. The third-order valence-electron chi connectivity index (χ3n) is 5.67. The number of thioether (sulfide) groups is 1. The molecule has 0 unspecified atom stereocenters. The smallest absolute Gasteiger partial charge is 0.271 e. The third-order valence-corrected chi connectivity index (χ3v) is 7.94. The fraction of sp³-hybridized carbons (Fsp3) is 0. The molecule has 9 heteroatoms. The van der Waals surface area contributed by atoms with Crippen molar-refractivity contribution in [2.45, 2.75) is 0 Å². The first-order valence-corrected chi connectivity index (χ1v) is 13.9. The van der Waals surface area contributed by atoms with E-state index in [4.69, 9.17) is 32.6 Å². The van der Waals surface area contributed by atoms with Gasteiger partial charge in [0.15, 0.2) is 5.17 Å². The van der Waals surface area contributed by atoms with Gasteiger partial charge in [-0.3, -0.25) is 9.69 Å². The van der Waals surface area contributed by atoms with Gasteiger partial charge in [-0.05, 0) is 54.2 Å². The molecule has 1 aliphatic rings. The van der Waals surface area contributed by atoms with Gasteiger partial charge in [-0.15, -0.1) is 11.3 Å². The molecule has 1 aliphatic heterocycles. The second-order valence-corrected chi connectivity index (χ2v) is 10.9. The number of anilines is 1. The summed E-state index contributed by atoms with van der Waals surface area (Å²) >= 11 is 15.2. The Morgan fingerprint density at radius 1 is 0.921 bits per heavy atom. The molecule has 1 saturated heterocycles. The predicted octanol–water partition coefficient (Wildman–Crippen LogP) is 9.19. The van der Waals surface area contributed by atoms with Crippen molar-refractivity contribution in [1.82, 2.24) is 4.98 Å². The molecule has 3 aromatic carbocycles. The molecule has 0 spiro atoms. The molecule has 2 aromatic heterocycles. The molecule has 5 aromatic rings. The van der Waals surface area contributed by atoms with Crippen LogP contribution in [0.5, 0.6) is 0 Å². The molecule has 5 nitrogen and oxygen atoms in total. The van der Waals surface area contributed by atoms with E-state index in [1.807, 2.05) is 66.0 Å². The monoisotopic (exact) mass is 573 g/mol. The average molecular weight is 575 g/mol. The molecule has 0 N–H and O–H groups in total. The van der Waals surface area contributed by atoms with Crippen molar-refractivity contribution < 1.29 is 9.21 Å². The van der Waals surface area contributed by atoms with Crippen LogP contribution in [-0.4, -0.2) is 16.1 Å². The fourth-order valence-electron chi connectivity index (χ4n) is 3.88. The van der Waals surface area contributed by atoms with E-state index < -0.39 is 0 Å². The standard InChI is InChI=1S/C29H17Cl2N3O2S2/c30-19-11-13-23(31)22(15-19)25-14-12-21(36-25)16-26-27(35)34(20-9-5-2-6-10-20)29(38-26)33-28-32-24(17-37-28)18-7-3-1-4-8-18/h1-17H/b26-16+,33-29+. The Kier molecular flexibility index (Phi) is 6.91. The minimum atomic E-state index is -0.196. The van der Waals surface area contributed by atoms with Crippen LogP contribution in [-0.2, 0) is 4.79 Å². The summed E-state index contributed by atoms with van der Waals surface area (Å²) in [5.41, 5.74) is 3.26. The number of amides is 1. The van der Waals surface area contributed by atoms with Gasteiger partial charge in [0.05, 0.1) is 21.3 Å². The first kappa shape index (κ1) is 24.7. The summed E-state index contributed by atoms with van der Waals surface area (Å²) in [7, 11) is 0. The average Bonchev–Trinajstić information content (AvgIpc) is 3.67. The number of carbonyl (C=O) groups is 1. The Morgan fingerprint density at radius 3 is 2.47 bits per heavy atom. The number of carbonyl (C=O) groups excluding carboxylic acids is 1. The predicted molar refractivity (Wildman–Crippen MR) is 158 cm³/mol. The summed E-state index contributed by atoms with van der Waals surface area (Å²) in [4.78, 5) is 25.1. The van der Waals surface area contributed by atoms with Crippen LogP contribution in [0.1, 0.15) is 5.76 Å². The number of hydrogen-bond donors (Lipinski definition) is 0. The van der Waals surface area contributed by atoms with E-state index in [-0.39, 0.29) is 5.91 Å². The first-order valence-electron chi connectivity index (χ1n) is 11.5. The number of nitrogens with zero attached hydrogens (tertiary/aromatic N) is 3. The summed E-state index contributed by atoms with van der Waals surface area (Å²) in [6.07, 6.45) is 1.71. The zero-order valence-corrected chi connectivity index (χ0v) is 22.7. The number of halogens is 2. The number of rotatable bonds is 5. The van der Waals surface area contributed by atoms with Gasteiger partial charge < -0.3 is 4.42 Å². The lowest BCUT2D eigenvalue weighted by molar-refractivity contribution is -0.113. The van der Waals surface area contributed by atoms with Gasteiger partial charge in [-0.25, -0.2) is 4.98 Å². The Morgan fingerprint density at radius 2 is 1.68 bits per heavy atom. The van der Waals surface area contributed by atoms with Crippen molar-refractivity contribution in [3.63, 3.8) is 0 Å². The minimum absolute atomic E-state index is 0.196. The minimum Gasteiger partial charge on any atom is -0.457 e. The van der Waals surface area contributed by atoms with Crippen molar-refractivity contribution in [3.05, 3.63) is 117 Å².